The molecule has 0 amide bonds. The molecule has 0 N–H and O–H groups in total. The maximum absolute atomic E-state index is 11.1. The smallest absolute Gasteiger partial charge is 0.261 e. The summed E-state index contributed by atoms with van der Waals surface area (Å²) in [5, 5.41) is 0. The maximum Gasteiger partial charge on any atom is 0.261 e. The van der Waals surface area contributed by atoms with E-state index in [9.17, 15) is 8.42 Å². The first-order chi connectivity index (χ1) is 7.80. The Morgan fingerprint density at radius 2 is 1.71 bits per heavy atom. The minimum atomic E-state index is -3.64. The molecule has 0 aromatic heterocycles. The van der Waals surface area contributed by atoms with Crippen molar-refractivity contribution >= 4 is 19.7 Å². The molecule has 0 heterocycles. The van der Waals surface area contributed by atoms with Gasteiger partial charge in [-0.2, -0.15) is 0 Å². The van der Waals surface area contributed by atoms with Crippen LogP contribution >= 0.6 is 10.7 Å². The van der Waals surface area contributed by atoms with Gasteiger partial charge in [0.1, 0.15) is 0 Å². The van der Waals surface area contributed by atoms with E-state index in [4.69, 9.17) is 15.4 Å². The fourth-order valence-electron chi connectivity index (χ4n) is 1.33. The number of benzene rings is 1. The van der Waals surface area contributed by atoms with Gasteiger partial charge in [0, 0.05) is 17.3 Å². The van der Waals surface area contributed by atoms with Crippen LogP contribution in [0.15, 0.2) is 29.2 Å². The lowest BCUT2D eigenvalue weighted by molar-refractivity contribution is 0.0469. The predicted octanol–water partition coefficient (Wildman–Crippen LogP) is 3.35. The first-order valence-corrected chi connectivity index (χ1v) is 7.78. The van der Waals surface area contributed by atoms with Gasteiger partial charge >= 0.3 is 0 Å². The Bertz CT molecular complexity index is 451. The molecule has 1 aromatic rings. The van der Waals surface area contributed by atoms with Crippen molar-refractivity contribution in [2.45, 2.75) is 31.8 Å². The van der Waals surface area contributed by atoms with Gasteiger partial charge in [-0.05, 0) is 30.5 Å². The van der Waals surface area contributed by atoms with E-state index in [0.29, 0.717) is 12.5 Å². The van der Waals surface area contributed by atoms with Crippen molar-refractivity contribution in [3.05, 3.63) is 29.8 Å². The molecule has 0 saturated heterocycles. The second-order valence-corrected chi connectivity index (χ2v) is 6.94. The molecule has 0 aliphatic heterocycles. The Labute approximate surface area is 107 Å². The number of hydrogen-bond donors (Lipinski definition) is 0. The number of ether oxygens (including phenoxy) is 1. The van der Waals surface area contributed by atoms with E-state index in [0.717, 1.165) is 5.56 Å². The molecule has 0 saturated carbocycles. The highest BCUT2D eigenvalue weighted by Crippen LogP contribution is 2.21. The lowest BCUT2D eigenvalue weighted by Crippen LogP contribution is -2.06. The topological polar surface area (TPSA) is 43.4 Å². The van der Waals surface area contributed by atoms with Crippen LogP contribution in [-0.2, 0) is 13.8 Å². The SMILES string of the molecule is CC(C)CO[C@@H](C)c1ccc(S(=O)(=O)Cl)cc1. The van der Waals surface area contributed by atoms with E-state index in [-0.39, 0.29) is 11.0 Å². The van der Waals surface area contributed by atoms with Crippen LogP contribution in [0.25, 0.3) is 0 Å². The van der Waals surface area contributed by atoms with Gasteiger partial charge in [0.25, 0.3) is 9.05 Å². The number of hydrogen-bond acceptors (Lipinski definition) is 3. The molecule has 1 aromatic carbocycles. The summed E-state index contributed by atoms with van der Waals surface area (Å²) < 4.78 is 27.8. The molecule has 0 aliphatic carbocycles. The summed E-state index contributed by atoms with van der Waals surface area (Å²) in [4.78, 5) is 0.110. The lowest BCUT2D eigenvalue weighted by atomic mass is 10.1. The van der Waals surface area contributed by atoms with E-state index in [1.807, 2.05) is 6.92 Å². The molecule has 1 rings (SSSR count). The van der Waals surface area contributed by atoms with Crippen molar-refractivity contribution < 1.29 is 13.2 Å². The maximum atomic E-state index is 11.1. The summed E-state index contributed by atoms with van der Waals surface area (Å²) >= 11 is 0. The van der Waals surface area contributed by atoms with Crippen molar-refractivity contribution in [2.75, 3.05) is 6.61 Å². The van der Waals surface area contributed by atoms with Crippen LogP contribution in [0.4, 0.5) is 0 Å². The molecule has 3 nitrogen and oxygen atoms in total. The molecule has 1 atom stereocenters. The zero-order valence-electron chi connectivity index (χ0n) is 10.2. The summed E-state index contributed by atoms with van der Waals surface area (Å²) in [5.41, 5.74) is 0.940. The zero-order valence-corrected chi connectivity index (χ0v) is 11.8. The first kappa shape index (κ1) is 14.5. The molecule has 0 fully saturated rings. The van der Waals surface area contributed by atoms with Gasteiger partial charge in [0.15, 0.2) is 0 Å². The van der Waals surface area contributed by atoms with Crippen LogP contribution in [0.1, 0.15) is 32.4 Å². The molecule has 5 heteroatoms. The average Bonchev–Trinajstić information content (AvgIpc) is 2.25. The van der Waals surface area contributed by atoms with Crippen molar-refractivity contribution in [1.82, 2.24) is 0 Å². The molecule has 17 heavy (non-hydrogen) atoms. The average molecular weight is 277 g/mol. The van der Waals surface area contributed by atoms with E-state index >= 15 is 0 Å². The largest absolute Gasteiger partial charge is 0.374 e. The molecule has 0 spiro atoms. The Morgan fingerprint density at radius 3 is 2.12 bits per heavy atom. The summed E-state index contributed by atoms with van der Waals surface area (Å²) in [7, 11) is 1.59. The van der Waals surface area contributed by atoms with Gasteiger partial charge in [0.05, 0.1) is 11.0 Å². The van der Waals surface area contributed by atoms with E-state index < -0.39 is 9.05 Å². The van der Waals surface area contributed by atoms with Gasteiger partial charge in [-0.3, -0.25) is 0 Å². The van der Waals surface area contributed by atoms with Gasteiger partial charge in [-0.15, -0.1) is 0 Å². The van der Waals surface area contributed by atoms with Crippen LogP contribution in [-0.4, -0.2) is 15.0 Å². The van der Waals surface area contributed by atoms with E-state index in [2.05, 4.69) is 13.8 Å². The summed E-state index contributed by atoms with van der Waals surface area (Å²) in [6.45, 7) is 6.77. The quantitative estimate of drug-likeness (QED) is 0.775. The van der Waals surface area contributed by atoms with Gasteiger partial charge in [0.2, 0.25) is 0 Å². The van der Waals surface area contributed by atoms with E-state index in [1.165, 1.54) is 12.1 Å². The number of rotatable bonds is 5. The minimum Gasteiger partial charge on any atom is -0.374 e. The second-order valence-electron chi connectivity index (χ2n) is 4.38. The Kier molecular flexibility index (Phi) is 4.98. The third-order valence-corrected chi connectivity index (χ3v) is 3.68. The highest BCUT2D eigenvalue weighted by atomic mass is 35.7. The monoisotopic (exact) mass is 276 g/mol. The predicted molar refractivity (Wildman–Crippen MR) is 68.7 cm³/mol. The van der Waals surface area contributed by atoms with Crippen molar-refractivity contribution in [2.24, 2.45) is 5.92 Å². The zero-order chi connectivity index (χ0) is 13.1. The van der Waals surface area contributed by atoms with Crippen LogP contribution in [0.5, 0.6) is 0 Å². The highest BCUT2D eigenvalue weighted by molar-refractivity contribution is 8.13. The number of halogens is 1. The lowest BCUT2D eigenvalue weighted by Gasteiger charge is -2.15. The van der Waals surface area contributed by atoms with Crippen LogP contribution in [0, 0.1) is 5.92 Å². The van der Waals surface area contributed by atoms with Crippen molar-refractivity contribution in [1.29, 1.82) is 0 Å². The standard InChI is InChI=1S/C12H17ClO3S/c1-9(2)8-16-10(3)11-4-6-12(7-5-11)17(13,14)15/h4-7,9-10H,8H2,1-3H3/t10-/m0/s1. The van der Waals surface area contributed by atoms with Crippen molar-refractivity contribution in [3.8, 4) is 0 Å². The Balaban J connectivity index is 2.74. The van der Waals surface area contributed by atoms with Gasteiger partial charge in [-0.1, -0.05) is 26.0 Å². The molecule has 0 aliphatic rings. The minimum absolute atomic E-state index is 0.0514. The molecular weight excluding hydrogens is 260 g/mol. The Morgan fingerprint density at radius 1 is 1.18 bits per heavy atom. The normalized spacial score (nSPS) is 13.9. The Hall–Kier alpha value is -0.580. The second kappa shape index (κ2) is 5.85. The fraction of sp³-hybridized carbons (Fsp3) is 0.500. The van der Waals surface area contributed by atoms with Crippen LogP contribution in [0.2, 0.25) is 0 Å². The molecule has 0 bridgehead atoms. The van der Waals surface area contributed by atoms with Crippen LogP contribution < -0.4 is 0 Å². The third kappa shape index (κ3) is 4.66. The van der Waals surface area contributed by atoms with Crippen molar-refractivity contribution in [3.63, 3.8) is 0 Å². The van der Waals surface area contributed by atoms with Crippen LogP contribution in [0.3, 0.4) is 0 Å². The molecular formula is C12H17ClO3S. The fourth-order valence-corrected chi connectivity index (χ4v) is 2.10. The first-order valence-electron chi connectivity index (χ1n) is 5.47. The highest BCUT2D eigenvalue weighted by Gasteiger charge is 2.11. The third-order valence-electron chi connectivity index (χ3n) is 2.31. The van der Waals surface area contributed by atoms with E-state index in [1.54, 1.807) is 12.1 Å². The molecule has 96 valence electrons. The summed E-state index contributed by atoms with van der Waals surface area (Å²) in [6.07, 6.45) is -0.0514. The van der Waals surface area contributed by atoms with Gasteiger partial charge in [-0.25, -0.2) is 8.42 Å². The summed E-state index contributed by atoms with van der Waals surface area (Å²) in [6, 6.07) is 6.43. The summed E-state index contributed by atoms with van der Waals surface area (Å²) in [5.74, 6) is 0.472. The molecule has 0 unspecified atom stereocenters. The molecule has 0 radical (unpaired) electrons. The van der Waals surface area contributed by atoms with Gasteiger partial charge < -0.3 is 4.74 Å².